The average molecular weight is 624 g/mol. The van der Waals surface area contributed by atoms with Crippen LogP contribution >= 0.6 is 11.6 Å². The number of urea groups is 1. The van der Waals surface area contributed by atoms with Crippen LogP contribution in [0, 0.1) is 17.6 Å². The number of aromatic nitrogens is 4. The smallest absolute Gasteiger partial charge is 0.321 e. The number of likely N-dealkylation sites (tertiary alicyclic amines) is 1. The highest BCUT2D eigenvalue weighted by atomic mass is 35.5. The number of carbonyl (C=O) groups is 2. The molecule has 3 amide bonds. The summed E-state index contributed by atoms with van der Waals surface area (Å²) in [6, 6.07) is 10.9. The number of rotatable bonds is 7. The van der Waals surface area contributed by atoms with Crippen LogP contribution in [0.4, 0.5) is 36.8 Å². The van der Waals surface area contributed by atoms with Crippen LogP contribution in [0.15, 0.2) is 48.7 Å². The van der Waals surface area contributed by atoms with E-state index in [1.165, 1.54) is 0 Å². The van der Waals surface area contributed by atoms with Crippen LogP contribution in [0.5, 0.6) is 0 Å². The molecule has 0 radical (unpaired) electrons. The summed E-state index contributed by atoms with van der Waals surface area (Å²) in [5.41, 5.74) is 6.79. The van der Waals surface area contributed by atoms with Crippen molar-refractivity contribution >= 4 is 58.0 Å². The molecule has 1 saturated heterocycles. The molecule has 2 aromatic carbocycles. The van der Waals surface area contributed by atoms with E-state index in [1.54, 1.807) is 11.1 Å². The average Bonchev–Trinajstić information content (AvgIpc) is 3.37. The standard InChI is InChI=1S/C30H32ClF2N9O2/c31-18-13-22(32)25(23(33)14-18)39-29-38-24-15-35-28(40-27(24)42(29)21-10-8-17(9-11-21)26(34)43)36-20-7-4-12-41(16-20)30(44)37-19-5-2-1-3-6-19/h1-3,5-6,13-15,17,20-21H,4,7-12,16H2,(H2,34,43)(H,37,44)(H,38,39)(H,35,36,40). The minimum Gasteiger partial charge on any atom is -0.369 e. The van der Waals surface area contributed by atoms with Crippen LogP contribution in [-0.4, -0.2) is 55.5 Å². The molecule has 0 spiro atoms. The van der Waals surface area contributed by atoms with E-state index in [1.807, 2.05) is 34.9 Å². The van der Waals surface area contributed by atoms with Crippen molar-refractivity contribution in [2.75, 3.05) is 29.0 Å². The monoisotopic (exact) mass is 623 g/mol. The quantitative estimate of drug-likeness (QED) is 0.203. The number of nitrogens with zero attached hydrogens (tertiary/aromatic N) is 5. The van der Waals surface area contributed by atoms with Crippen LogP contribution in [-0.2, 0) is 4.79 Å². The number of fused-ring (bicyclic) bond motifs is 1. The van der Waals surface area contributed by atoms with Crippen molar-refractivity contribution < 1.29 is 18.4 Å². The predicted molar refractivity (Wildman–Crippen MR) is 164 cm³/mol. The Morgan fingerprint density at radius 1 is 1.00 bits per heavy atom. The first-order chi connectivity index (χ1) is 21.2. The van der Waals surface area contributed by atoms with Crippen molar-refractivity contribution in [2.45, 2.75) is 50.6 Å². The summed E-state index contributed by atoms with van der Waals surface area (Å²) in [6.07, 6.45) is 5.51. The number of hydrogen-bond acceptors (Lipinski definition) is 7. The van der Waals surface area contributed by atoms with Gasteiger partial charge in [0, 0.05) is 41.8 Å². The molecule has 11 nitrogen and oxygen atoms in total. The summed E-state index contributed by atoms with van der Waals surface area (Å²) in [4.78, 5) is 40.3. The fourth-order valence-electron chi connectivity index (χ4n) is 5.97. The number of primary amides is 1. The Labute approximate surface area is 257 Å². The number of halogens is 3. The van der Waals surface area contributed by atoms with Gasteiger partial charge in [-0.2, -0.15) is 4.98 Å². The van der Waals surface area contributed by atoms with E-state index in [0.29, 0.717) is 55.9 Å². The fraction of sp³-hybridized carbons (Fsp3) is 0.367. The third kappa shape index (κ3) is 6.37. The summed E-state index contributed by atoms with van der Waals surface area (Å²) in [5, 5.41) is 9.03. The Morgan fingerprint density at radius 2 is 1.73 bits per heavy atom. The van der Waals surface area contributed by atoms with Crippen LogP contribution in [0.1, 0.15) is 44.6 Å². The summed E-state index contributed by atoms with van der Waals surface area (Å²) >= 11 is 5.82. The van der Waals surface area contributed by atoms with E-state index in [2.05, 4.69) is 25.9 Å². The van der Waals surface area contributed by atoms with Crippen molar-refractivity contribution in [1.82, 2.24) is 24.4 Å². The van der Waals surface area contributed by atoms with E-state index >= 15 is 0 Å². The molecule has 44 heavy (non-hydrogen) atoms. The molecule has 6 rings (SSSR count). The molecule has 1 aliphatic heterocycles. The van der Waals surface area contributed by atoms with E-state index in [-0.39, 0.29) is 46.6 Å². The molecule has 2 aromatic heterocycles. The number of imidazole rings is 1. The molecule has 14 heteroatoms. The number of piperidine rings is 1. The predicted octanol–water partition coefficient (Wildman–Crippen LogP) is 5.83. The number of nitrogens with two attached hydrogens (primary N) is 1. The molecular formula is C30H32ClF2N9O2. The lowest BCUT2D eigenvalue weighted by Gasteiger charge is -2.33. The van der Waals surface area contributed by atoms with Gasteiger partial charge in [-0.15, -0.1) is 0 Å². The Balaban J connectivity index is 1.26. The van der Waals surface area contributed by atoms with E-state index in [9.17, 15) is 18.4 Å². The van der Waals surface area contributed by atoms with Gasteiger partial charge in [0.2, 0.25) is 17.8 Å². The number of nitrogens with one attached hydrogen (secondary N) is 3. The van der Waals surface area contributed by atoms with Crippen molar-refractivity contribution in [3.63, 3.8) is 0 Å². The minimum absolute atomic E-state index is 0.0655. The summed E-state index contributed by atoms with van der Waals surface area (Å²) in [5.74, 6) is -1.76. The largest absolute Gasteiger partial charge is 0.369 e. The third-order valence-corrected chi connectivity index (χ3v) is 8.43. The van der Waals surface area contributed by atoms with Gasteiger partial charge in [0.1, 0.15) is 11.2 Å². The number of amides is 3. The minimum atomic E-state index is -0.863. The van der Waals surface area contributed by atoms with Crippen molar-refractivity contribution in [3.8, 4) is 0 Å². The maximum absolute atomic E-state index is 14.8. The van der Waals surface area contributed by atoms with Gasteiger partial charge in [-0.25, -0.2) is 23.5 Å². The molecule has 5 N–H and O–H groups in total. The van der Waals surface area contributed by atoms with Crippen molar-refractivity contribution in [3.05, 3.63) is 65.3 Å². The topological polar surface area (TPSA) is 143 Å². The zero-order valence-electron chi connectivity index (χ0n) is 23.8. The molecular weight excluding hydrogens is 592 g/mol. The zero-order chi connectivity index (χ0) is 30.8. The second-order valence-electron chi connectivity index (χ2n) is 11.2. The van der Waals surface area contributed by atoms with Gasteiger partial charge in [-0.1, -0.05) is 29.8 Å². The normalized spacial score (nSPS) is 20.3. The second-order valence-corrected chi connectivity index (χ2v) is 11.6. The molecule has 1 saturated carbocycles. The first kappa shape index (κ1) is 29.5. The zero-order valence-corrected chi connectivity index (χ0v) is 24.5. The maximum atomic E-state index is 14.8. The number of anilines is 4. The molecule has 4 aromatic rings. The van der Waals surface area contributed by atoms with E-state index in [4.69, 9.17) is 22.3 Å². The number of hydrogen-bond donors (Lipinski definition) is 4. The summed E-state index contributed by atoms with van der Waals surface area (Å²) < 4.78 is 31.3. The fourth-order valence-corrected chi connectivity index (χ4v) is 6.16. The van der Waals surface area contributed by atoms with Gasteiger partial charge in [0.15, 0.2) is 17.3 Å². The Morgan fingerprint density at radius 3 is 2.43 bits per heavy atom. The van der Waals surface area contributed by atoms with E-state index in [0.717, 1.165) is 30.7 Å². The first-order valence-corrected chi connectivity index (χ1v) is 15.0. The maximum Gasteiger partial charge on any atom is 0.321 e. The molecule has 2 aliphatic rings. The van der Waals surface area contributed by atoms with Gasteiger partial charge in [0.05, 0.1) is 6.20 Å². The van der Waals surface area contributed by atoms with Crippen molar-refractivity contribution in [1.29, 1.82) is 0 Å². The van der Waals surface area contributed by atoms with Crippen LogP contribution in [0.25, 0.3) is 11.2 Å². The number of para-hydroxylation sites is 1. The highest BCUT2D eigenvalue weighted by Gasteiger charge is 2.30. The molecule has 0 bridgehead atoms. The summed E-state index contributed by atoms with van der Waals surface area (Å²) in [7, 11) is 0. The highest BCUT2D eigenvalue weighted by Crippen LogP contribution is 2.38. The van der Waals surface area contributed by atoms with Crippen LogP contribution in [0.2, 0.25) is 5.02 Å². The van der Waals surface area contributed by atoms with Gasteiger partial charge in [-0.3, -0.25) is 9.36 Å². The Bertz CT molecular complexity index is 1660. The second kappa shape index (κ2) is 12.6. The number of carbonyl (C=O) groups excluding carboxylic acids is 2. The lowest BCUT2D eigenvalue weighted by atomic mass is 9.85. The number of benzene rings is 2. The lowest BCUT2D eigenvalue weighted by Crippen LogP contribution is -2.47. The third-order valence-electron chi connectivity index (χ3n) is 8.21. The summed E-state index contributed by atoms with van der Waals surface area (Å²) in [6.45, 7) is 1.09. The van der Waals surface area contributed by atoms with Gasteiger partial charge in [-0.05, 0) is 62.8 Å². The Hall–Kier alpha value is -4.52. The van der Waals surface area contributed by atoms with Crippen LogP contribution < -0.4 is 21.7 Å². The first-order valence-electron chi connectivity index (χ1n) is 14.6. The highest BCUT2D eigenvalue weighted by molar-refractivity contribution is 6.30. The molecule has 1 atom stereocenters. The van der Waals surface area contributed by atoms with Crippen LogP contribution in [0.3, 0.4) is 0 Å². The van der Waals surface area contributed by atoms with Gasteiger partial charge in [0.25, 0.3) is 0 Å². The Kier molecular flexibility index (Phi) is 8.47. The molecule has 2 fully saturated rings. The lowest BCUT2D eigenvalue weighted by molar-refractivity contribution is -0.122. The molecule has 1 unspecified atom stereocenters. The van der Waals surface area contributed by atoms with Crippen molar-refractivity contribution in [2.24, 2.45) is 11.7 Å². The molecule has 230 valence electrons. The SMILES string of the molecule is NC(=O)C1CCC(n2c(Nc3c(F)cc(Cl)cc3F)nc3cnc(NC4CCCN(C(=O)Nc5ccccc5)C4)nc32)CC1. The van der Waals surface area contributed by atoms with Gasteiger partial charge < -0.3 is 26.6 Å². The van der Waals surface area contributed by atoms with E-state index < -0.39 is 11.6 Å². The van der Waals surface area contributed by atoms with Gasteiger partial charge >= 0.3 is 6.03 Å². The molecule has 3 heterocycles. The molecule has 1 aliphatic carbocycles.